The average molecular weight is 531 g/mol. The molecule has 0 amide bonds. The topological polar surface area (TPSA) is 37.4 Å². The smallest absolute Gasteiger partial charge is 0.102 e. The second-order valence-electron chi connectivity index (χ2n) is 8.62. The van der Waals surface area contributed by atoms with Gasteiger partial charge in [-0.05, 0) is 40.7 Å². The average Bonchev–Trinajstić information content (AvgIpc) is 2.66. The van der Waals surface area contributed by atoms with Crippen LogP contribution in [0.4, 0.5) is 0 Å². The van der Waals surface area contributed by atoms with E-state index in [0.29, 0.717) is 26.4 Å². The predicted octanol–water partition coefficient (Wildman–Crippen LogP) is -2.29. The molecule has 0 saturated carbocycles. The summed E-state index contributed by atoms with van der Waals surface area (Å²) in [6, 6.07) is 0. The Kier molecular flexibility index (Phi) is 18.3. The molecule has 1 saturated heterocycles. The number of rotatable bonds is 9. The van der Waals surface area contributed by atoms with Gasteiger partial charge in [-0.25, -0.2) is 0 Å². The summed E-state index contributed by atoms with van der Waals surface area (Å²) in [4.78, 5) is 7.44. The van der Waals surface area contributed by atoms with Gasteiger partial charge in [-0.1, -0.05) is 0 Å². The number of likely N-dealkylation sites (N-methyl/N-ethyl adjacent to an activating group) is 4. The zero-order valence-electron chi connectivity index (χ0n) is 19.7. The Bertz CT molecular complexity index is 382. The van der Waals surface area contributed by atoms with Crippen LogP contribution >= 0.6 is 0 Å². The van der Waals surface area contributed by atoms with Gasteiger partial charge in [-0.3, -0.25) is 0 Å². The van der Waals surface area contributed by atoms with Gasteiger partial charge in [-0.15, -0.1) is 0 Å². The molecule has 8 heteroatoms. The molecule has 0 aromatic rings. The van der Waals surface area contributed by atoms with E-state index in [1.807, 2.05) is 0 Å². The van der Waals surface area contributed by atoms with Gasteiger partial charge in [0.1, 0.15) is 6.54 Å². The first kappa shape index (κ1) is 29.5. The van der Waals surface area contributed by atoms with Gasteiger partial charge in [-0.2, -0.15) is 0 Å². The molecule has 1 aliphatic rings. The molecule has 1 aliphatic heterocycles. The van der Waals surface area contributed by atoms with Gasteiger partial charge in [0, 0.05) is 39.7 Å². The standard InChI is InChI=1S/C21H47N4O3.HI/c1-22-8-6-9-24(3)13-15-25(4,14-7-10-23(2)12-11-22)16-17-27-20-21-28-19-18-26-5;/h6-21H2,1-5H3;1H/q+1;/p-1. The van der Waals surface area contributed by atoms with E-state index in [1.165, 1.54) is 45.6 Å². The Labute approximate surface area is 197 Å². The van der Waals surface area contributed by atoms with Crippen molar-refractivity contribution in [3.05, 3.63) is 0 Å². The number of ether oxygens (including phenoxy) is 3. The Hall–Kier alpha value is 0.450. The van der Waals surface area contributed by atoms with Crippen molar-refractivity contribution in [3.8, 4) is 0 Å². The van der Waals surface area contributed by atoms with Crippen molar-refractivity contribution >= 4 is 0 Å². The van der Waals surface area contributed by atoms with Gasteiger partial charge >= 0.3 is 0 Å². The van der Waals surface area contributed by atoms with Crippen LogP contribution in [0.25, 0.3) is 0 Å². The van der Waals surface area contributed by atoms with E-state index in [-0.39, 0.29) is 24.0 Å². The fraction of sp³-hybridized carbons (Fsp3) is 1.00. The lowest BCUT2D eigenvalue weighted by Gasteiger charge is -2.37. The zero-order chi connectivity index (χ0) is 20.7. The molecular formula is C21H47IN4O3. The number of nitrogens with zero attached hydrogens (tertiary/aromatic N) is 4. The number of hydrogen-bond donors (Lipinski definition) is 0. The summed E-state index contributed by atoms with van der Waals surface area (Å²) in [5, 5.41) is 0. The molecule has 1 fully saturated rings. The maximum atomic E-state index is 5.84. The molecule has 1 heterocycles. The maximum Gasteiger partial charge on any atom is 0.102 e. The summed E-state index contributed by atoms with van der Waals surface area (Å²) in [6.07, 6.45) is 2.48. The summed E-state index contributed by atoms with van der Waals surface area (Å²) in [5.41, 5.74) is 0. The summed E-state index contributed by atoms with van der Waals surface area (Å²) < 4.78 is 17.4. The van der Waals surface area contributed by atoms with Gasteiger partial charge in [0.05, 0.1) is 53.2 Å². The Morgan fingerprint density at radius 1 is 0.655 bits per heavy atom. The molecule has 7 nitrogen and oxygen atoms in total. The minimum atomic E-state index is 0. The zero-order valence-corrected chi connectivity index (χ0v) is 21.9. The minimum absolute atomic E-state index is 0. The first-order chi connectivity index (χ1) is 13.4. The first-order valence-corrected chi connectivity index (χ1v) is 11.0. The third kappa shape index (κ3) is 15.8. The van der Waals surface area contributed by atoms with E-state index < -0.39 is 0 Å². The Morgan fingerprint density at radius 3 is 1.79 bits per heavy atom. The van der Waals surface area contributed by atoms with Crippen LogP contribution in [0.5, 0.6) is 0 Å². The highest BCUT2D eigenvalue weighted by molar-refractivity contribution is 4.61. The van der Waals surface area contributed by atoms with E-state index in [2.05, 4.69) is 42.9 Å². The summed E-state index contributed by atoms with van der Waals surface area (Å²) in [5.74, 6) is 0. The van der Waals surface area contributed by atoms with Crippen molar-refractivity contribution in [2.24, 2.45) is 0 Å². The molecule has 1 atom stereocenters. The van der Waals surface area contributed by atoms with Crippen molar-refractivity contribution in [1.82, 2.24) is 14.7 Å². The molecule has 0 aromatic carbocycles. The highest BCUT2D eigenvalue weighted by Crippen LogP contribution is 2.07. The second-order valence-corrected chi connectivity index (χ2v) is 8.62. The van der Waals surface area contributed by atoms with Crippen LogP contribution in [0.2, 0.25) is 0 Å². The third-order valence-corrected chi connectivity index (χ3v) is 5.78. The molecule has 176 valence electrons. The Balaban J connectivity index is 0.00000784. The third-order valence-electron chi connectivity index (χ3n) is 5.78. The lowest BCUT2D eigenvalue weighted by molar-refractivity contribution is -0.909. The number of hydrogen-bond acceptors (Lipinski definition) is 6. The van der Waals surface area contributed by atoms with Crippen LogP contribution in [-0.2, 0) is 14.2 Å². The van der Waals surface area contributed by atoms with Crippen LogP contribution in [0.1, 0.15) is 12.8 Å². The van der Waals surface area contributed by atoms with E-state index in [4.69, 9.17) is 14.2 Å². The van der Waals surface area contributed by atoms with Crippen molar-refractivity contribution in [1.29, 1.82) is 0 Å². The molecule has 0 radical (unpaired) electrons. The van der Waals surface area contributed by atoms with Crippen molar-refractivity contribution in [2.45, 2.75) is 12.8 Å². The largest absolute Gasteiger partial charge is 1.00 e. The molecule has 0 spiro atoms. The van der Waals surface area contributed by atoms with Crippen molar-refractivity contribution < 1.29 is 42.7 Å². The monoisotopic (exact) mass is 530 g/mol. The molecule has 0 aliphatic carbocycles. The van der Waals surface area contributed by atoms with Crippen LogP contribution in [0, 0.1) is 0 Å². The van der Waals surface area contributed by atoms with Gasteiger partial charge in [0.15, 0.2) is 0 Å². The fourth-order valence-corrected chi connectivity index (χ4v) is 3.51. The van der Waals surface area contributed by atoms with Crippen LogP contribution < -0.4 is 24.0 Å². The summed E-state index contributed by atoms with van der Waals surface area (Å²) >= 11 is 0. The maximum absolute atomic E-state index is 5.84. The quantitative estimate of drug-likeness (QED) is 0.190. The number of methoxy groups -OCH3 is 1. The highest BCUT2D eigenvalue weighted by atomic mass is 127. The molecule has 0 bridgehead atoms. The first-order valence-electron chi connectivity index (χ1n) is 11.0. The highest BCUT2D eigenvalue weighted by Gasteiger charge is 2.22. The van der Waals surface area contributed by atoms with Gasteiger partial charge < -0.3 is 57.4 Å². The van der Waals surface area contributed by atoms with Crippen LogP contribution in [-0.4, -0.2) is 146 Å². The van der Waals surface area contributed by atoms with E-state index >= 15 is 0 Å². The van der Waals surface area contributed by atoms with Gasteiger partial charge in [0.25, 0.3) is 0 Å². The lowest BCUT2D eigenvalue weighted by Crippen LogP contribution is -3.00. The summed E-state index contributed by atoms with van der Waals surface area (Å²) in [7, 11) is 10.9. The molecular weight excluding hydrogens is 483 g/mol. The minimum Gasteiger partial charge on any atom is -1.00 e. The molecule has 0 N–H and O–H groups in total. The van der Waals surface area contributed by atoms with E-state index in [1.54, 1.807) is 7.11 Å². The molecule has 29 heavy (non-hydrogen) atoms. The molecule has 1 unspecified atom stereocenters. The Morgan fingerprint density at radius 2 is 1.17 bits per heavy atom. The second kappa shape index (κ2) is 18.1. The van der Waals surface area contributed by atoms with Crippen molar-refractivity contribution in [3.63, 3.8) is 0 Å². The van der Waals surface area contributed by atoms with E-state index in [9.17, 15) is 0 Å². The fourth-order valence-electron chi connectivity index (χ4n) is 3.51. The predicted molar refractivity (Wildman–Crippen MR) is 116 cm³/mol. The number of quaternary nitrogens is 1. The normalized spacial score (nSPS) is 24.7. The number of halogens is 1. The summed E-state index contributed by atoms with van der Waals surface area (Å²) in [6.45, 7) is 13.9. The van der Waals surface area contributed by atoms with Gasteiger partial charge in [0.2, 0.25) is 0 Å². The van der Waals surface area contributed by atoms with Crippen molar-refractivity contribution in [2.75, 3.05) is 127 Å². The van der Waals surface area contributed by atoms with Crippen LogP contribution in [0.15, 0.2) is 0 Å². The SMILES string of the molecule is COCCOCCOCC[N+]1(C)CCCN(C)CCN(C)CCCN(C)CC1.[I-]. The van der Waals surface area contributed by atoms with Crippen LogP contribution in [0.3, 0.4) is 0 Å². The molecule has 0 aromatic heterocycles. The van der Waals surface area contributed by atoms with E-state index in [0.717, 1.165) is 37.3 Å². The molecule has 1 rings (SSSR count). The lowest BCUT2D eigenvalue weighted by atomic mass is 10.2.